The molecule has 2 aromatic carbocycles. The number of benzene rings is 2. The SMILES string of the molecule is CCOC(=O)c1ncn(Cc2ccccc2)c1NC(=O)Nc1ccccc1. The van der Waals surface area contributed by atoms with Crippen LogP contribution in [0, 0.1) is 0 Å². The summed E-state index contributed by atoms with van der Waals surface area (Å²) in [6.45, 7) is 2.39. The molecule has 0 fully saturated rings. The number of urea groups is 1. The van der Waals surface area contributed by atoms with Crippen molar-refractivity contribution in [2.24, 2.45) is 0 Å². The van der Waals surface area contributed by atoms with Crippen molar-refractivity contribution in [2.75, 3.05) is 17.2 Å². The van der Waals surface area contributed by atoms with Gasteiger partial charge in [0.1, 0.15) is 5.82 Å². The Hall–Kier alpha value is -3.61. The average Bonchev–Trinajstić information content (AvgIpc) is 3.06. The molecule has 138 valence electrons. The van der Waals surface area contributed by atoms with E-state index in [9.17, 15) is 9.59 Å². The molecule has 0 saturated heterocycles. The molecule has 0 aliphatic carbocycles. The van der Waals surface area contributed by atoms with Crippen molar-refractivity contribution in [3.63, 3.8) is 0 Å². The van der Waals surface area contributed by atoms with Crippen LogP contribution in [0.2, 0.25) is 0 Å². The molecular formula is C20H20N4O3. The molecule has 1 heterocycles. The number of amides is 2. The molecule has 0 atom stereocenters. The van der Waals surface area contributed by atoms with Crippen LogP contribution < -0.4 is 10.6 Å². The summed E-state index contributed by atoms with van der Waals surface area (Å²) in [4.78, 5) is 28.7. The lowest BCUT2D eigenvalue weighted by molar-refractivity contribution is 0.0521. The molecule has 7 heteroatoms. The van der Waals surface area contributed by atoms with Crippen molar-refractivity contribution in [1.82, 2.24) is 9.55 Å². The Morgan fingerprint density at radius 2 is 1.67 bits per heavy atom. The van der Waals surface area contributed by atoms with Crippen LogP contribution in [0.15, 0.2) is 67.0 Å². The first-order valence-corrected chi connectivity index (χ1v) is 8.56. The van der Waals surface area contributed by atoms with Gasteiger partial charge in [0.2, 0.25) is 0 Å². The number of carbonyl (C=O) groups excluding carboxylic acids is 2. The highest BCUT2D eigenvalue weighted by atomic mass is 16.5. The van der Waals surface area contributed by atoms with E-state index in [2.05, 4.69) is 15.6 Å². The van der Waals surface area contributed by atoms with Crippen molar-refractivity contribution in [3.05, 3.63) is 78.2 Å². The lowest BCUT2D eigenvalue weighted by atomic mass is 10.2. The van der Waals surface area contributed by atoms with E-state index in [-0.39, 0.29) is 18.1 Å². The van der Waals surface area contributed by atoms with E-state index in [0.717, 1.165) is 5.56 Å². The first kappa shape index (κ1) is 18.2. The maximum absolute atomic E-state index is 12.4. The molecule has 7 nitrogen and oxygen atoms in total. The molecule has 2 amide bonds. The second-order valence-electron chi connectivity index (χ2n) is 5.72. The fourth-order valence-electron chi connectivity index (χ4n) is 2.55. The fraction of sp³-hybridized carbons (Fsp3) is 0.150. The number of imidazole rings is 1. The molecule has 0 aliphatic heterocycles. The molecule has 0 bridgehead atoms. The lowest BCUT2D eigenvalue weighted by Crippen LogP contribution is -2.23. The van der Waals surface area contributed by atoms with Gasteiger partial charge in [-0.3, -0.25) is 5.32 Å². The Kier molecular flexibility index (Phi) is 5.84. The van der Waals surface area contributed by atoms with Crippen molar-refractivity contribution in [2.45, 2.75) is 13.5 Å². The summed E-state index contributed by atoms with van der Waals surface area (Å²) < 4.78 is 6.75. The average molecular weight is 364 g/mol. The Bertz CT molecular complexity index is 907. The summed E-state index contributed by atoms with van der Waals surface area (Å²) in [5.74, 6) is -0.301. The highest BCUT2D eigenvalue weighted by molar-refractivity contribution is 6.03. The highest BCUT2D eigenvalue weighted by Crippen LogP contribution is 2.18. The van der Waals surface area contributed by atoms with Gasteiger partial charge in [-0.25, -0.2) is 14.6 Å². The quantitative estimate of drug-likeness (QED) is 0.652. The van der Waals surface area contributed by atoms with E-state index >= 15 is 0 Å². The van der Waals surface area contributed by atoms with Crippen LogP contribution in [-0.4, -0.2) is 28.2 Å². The van der Waals surface area contributed by atoms with Crippen molar-refractivity contribution in [3.8, 4) is 0 Å². The zero-order chi connectivity index (χ0) is 19.1. The molecule has 27 heavy (non-hydrogen) atoms. The van der Waals surface area contributed by atoms with Gasteiger partial charge in [0.15, 0.2) is 5.69 Å². The molecule has 0 aliphatic rings. The smallest absolute Gasteiger partial charge is 0.360 e. The zero-order valence-corrected chi connectivity index (χ0v) is 14.9. The van der Waals surface area contributed by atoms with Gasteiger partial charge in [0.05, 0.1) is 19.5 Å². The van der Waals surface area contributed by atoms with Crippen molar-refractivity contribution < 1.29 is 14.3 Å². The fourth-order valence-corrected chi connectivity index (χ4v) is 2.55. The first-order chi connectivity index (χ1) is 13.2. The Morgan fingerprint density at radius 1 is 1.00 bits per heavy atom. The number of esters is 1. The molecule has 0 radical (unpaired) electrons. The van der Waals surface area contributed by atoms with E-state index in [0.29, 0.717) is 12.2 Å². The number of hydrogen-bond donors (Lipinski definition) is 2. The van der Waals surface area contributed by atoms with E-state index in [1.165, 1.54) is 6.33 Å². The second-order valence-corrected chi connectivity index (χ2v) is 5.72. The Balaban J connectivity index is 1.84. The Labute approximate surface area is 157 Å². The number of rotatable bonds is 6. The van der Waals surface area contributed by atoms with Crippen LogP contribution in [0.4, 0.5) is 16.3 Å². The van der Waals surface area contributed by atoms with Crippen LogP contribution in [-0.2, 0) is 11.3 Å². The number of ether oxygens (including phenoxy) is 1. The van der Waals surface area contributed by atoms with Gasteiger partial charge < -0.3 is 14.6 Å². The number of nitrogens with one attached hydrogen (secondary N) is 2. The third-order valence-electron chi connectivity index (χ3n) is 3.77. The zero-order valence-electron chi connectivity index (χ0n) is 14.9. The number of aromatic nitrogens is 2. The summed E-state index contributed by atoms with van der Waals surface area (Å²) >= 11 is 0. The summed E-state index contributed by atoms with van der Waals surface area (Å²) in [6.07, 6.45) is 1.51. The number of anilines is 2. The Morgan fingerprint density at radius 3 is 2.33 bits per heavy atom. The maximum Gasteiger partial charge on any atom is 0.360 e. The van der Waals surface area contributed by atoms with Crippen LogP contribution in [0.3, 0.4) is 0 Å². The lowest BCUT2D eigenvalue weighted by Gasteiger charge is -2.12. The minimum Gasteiger partial charge on any atom is -0.461 e. The van der Waals surface area contributed by atoms with Crippen LogP contribution in [0.25, 0.3) is 0 Å². The van der Waals surface area contributed by atoms with Crippen LogP contribution in [0.1, 0.15) is 23.0 Å². The van der Waals surface area contributed by atoms with Gasteiger partial charge in [0, 0.05) is 5.69 Å². The highest BCUT2D eigenvalue weighted by Gasteiger charge is 2.21. The van der Waals surface area contributed by atoms with Gasteiger partial charge in [0.25, 0.3) is 0 Å². The summed E-state index contributed by atoms with van der Waals surface area (Å²) in [5.41, 5.74) is 1.72. The summed E-state index contributed by atoms with van der Waals surface area (Å²) in [7, 11) is 0. The van der Waals surface area contributed by atoms with Crippen LogP contribution >= 0.6 is 0 Å². The molecule has 0 spiro atoms. The van der Waals surface area contributed by atoms with E-state index in [4.69, 9.17) is 4.74 Å². The topological polar surface area (TPSA) is 85.2 Å². The molecule has 3 rings (SSSR count). The minimum absolute atomic E-state index is 0.0657. The van der Waals surface area contributed by atoms with E-state index in [1.807, 2.05) is 48.5 Å². The molecule has 1 aromatic heterocycles. The van der Waals surface area contributed by atoms with Crippen molar-refractivity contribution >= 4 is 23.5 Å². The van der Waals surface area contributed by atoms with E-state index in [1.54, 1.807) is 23.6 Å². The first-order valence-electron chi connectivity index (χ1n) is 8.56. The molecule has 0 unspecified atom stereocenters. The van der Waals surface area contributed by atoms with Gasteiger partial charge >= 0.3 is 12.0 Å². The summed E-state index contributed by atoms with van der Waals surface area (Å²) in [6, 6.07) is 18.3. The van der Waals surface area contributed by atoms with Crippen LogP contribution in [0.5, 0.6) is 0 Å². The third kappa shape index (κ3) is 4.72. The standard InChI is InChI=1S/C20H20N4O3/c1-2-27-19(25)17-18(23-20(26)22-16-11-7-4-8-12-16)24(14-21-17)13-15-9-5-3-6-10-15/h3-12,14H,2,13H2,1H3,(H2,22,23,26). The van der Waals surface area contributed by atoms with Gasteiger partial charge in [-0.05, 0) is 24.6 Å². The van der Waals surface area contributed by atoms with E-state index < -0.39 is 12.0 Å². The largest absolute Gasteiger partial charge is 0.461 e. The van der Waals surface area contributed by atoms with Gasteiger partial charge in [-0.2, -0.15) is 0 Å². The predicted molar refractivity (Wildman–Crippen MR) is 103 cm³/mol. The molecule has 2 N–H and O–H groups in total. The summed E-state index contributed by atoms with van der Waals surface area (Å²) in [5, 5.41) is 5.44. The molecular weight excluding hydrogens is 344 g/mol. The molecule has 0 saturated carbocycles. The number of para-hydroxylation sites is 1. The number of nitrogens with zero attached hydrogens (tertiary/aromatic N) is 2. The normalized spacial score (nSPS) is 10.3. The van der Waals surface area contributed by atoms with Crippen molar-refractivity contribution in [1.29, 1.82) is 0 Å². The molecule has 3 aromatic rings. The third-order valence-corrected chi connectivity index (χ3v) is 3.77. The van der Waals surface area contributed by atoms with Gasteiger partial charge in [-0.15, -0.1) is 0 Å². The second kappa shape index (κ2) is 8.66. The number of hydrogen-bond acceptors (Lipinski definition) is 4. The monoisotopic (exact) mass is 364 g/mol. The maximum atomic E-state index is 12.4. The predicted octanol–water partition coefficient (Wildman–Crippen LogP) is 3.75. The van der Waals surface area contributed by atoms with Gasteiger partial charge in [-0.1, -0.05) is 48.5 Å². The minimum atomic E-state index is -0.584. The number of carbonyl (C=O) groups is 2.